The van der Waals surface area contributed by atoms with E-state index in [1.165, 1.54) is 18.4 Å². The van der Waals surface area contributed by atoms with Crippen LogP contribution >= 0.6 is 0 Å². The Morgan fingerprint density at radius 2 is 2.07 bits per heavy atom. The maximum Gasteiger partial charge on any atom is 0.154 e. The van der Waals surface area contributed by atoms with E-state index in [4.69, 9.17) is 14.8 Å². The van der Waals surface area contributed by atoms with Crippen molar-refractivity contribution in [3.8, 4) is 11.4 Å². The Bertz CT molecular complexity index is 963. The third kappa shape index (κ3) is 3.32. The molecular weight excluding hydrogens is 338 g/mol. The summed E-state index contributed by atoms with van der Waals surface area (Å²) in [5, 5.41) is 4.86. The van der Waals surface area contributed by atoms with E-state index >= 15 is 0 Å². The second kappa shape index (κ2) is 6.78. The molecule has 6 nitrogen and oxygen atoms in total. The van der Waals surface area contributed by atoms with Crippen LogP contribution in [0.1, 0.15) is 41.5 Å². The molecule has 0 saturated heterocycles. The first-order valence-corrected chi connectivity index (χ1v) is 9.58. The van der Waals surface area contributed by atoms with Gasteiger partial charge in [-0.3, -0.25) is 9.88 Å². The molecule has 0 amide bonds. The molecule has 2 aliphatic rings. The second-order valence-electron chi connectivity index (χ2n) is 7.40. The normalized spacial score (nSPS) is 17.2. The number of hydrogen-bond acceptors (Lipinski definition) is 5. The summed E-state index contributed by atoms with van der Waals surface area (Å²) < 4.78 is 7.93. The number of rotatable bonds is 4. The molecular formula is C21H23N5O. The fourth-order valence-electron chi connectivity index (χ4n) is 3.59. The molecule has 3 heterocycles. The number of benzene rings is 1. The highest BCUT2D eigenvalue weighted by molar-refractivity contribution is 5.38. The second-order valence-corrected chi connectivity index (χ2v) is 7.40. The van der Waals surface area contributed by atoms with Crippen molar-refractivity contribution in [3.05, 3.63) is 65.5 Å². The Morgan fingerprint density at radius 1 is 1.19 bits per heavy atom. The summed E-state index contributed by atoms with van der Waals surface area (Å²) >= 11 is 0. The Hall–Kier alpha value is -2.73. The smallest absolute Gasteiger partial charge is 0.154 e. The van der Waals surface area contributed by atoms with Gasteiger partial charge in [0, 0.05) is 37.0 Å². The van der Waals surface area contributed by atoms with Gasteiger partial charge in [-0.15, -0.1) is 0 Å². The van der Waals surface area contributed by atoms with Crippen LogP contribution in [0.2, 0.25) is 0 Å². The van der Waals surface area contributed by atoms with Crippen molar-refractivity contribution in [1.29, 1.82) is 0 Å². The fourth-order valence-corrected chi connectivity index (χ4v) is 3.59. The molecule has 1 fully saturated rings. The largest absolute Gasteiger partial charge is 0.492 e. The maximum atomic E-state index is 5.91. The van der Waals surface area contributed by atoms with Crippen molar-refractivity contribution in [2.45, 2.75) is 38.8 Å². The van der Waals surface area contributed by atoms with Crippen LogP contribution < -0.4 is 4.74 Å². The monoisotopic (exact) mass is 361 g/mol. The summed E-state index contributed by atoms with van der Waals surface area (Å²) in [5.74, 6) is 3.49. The molecule has 2 aromatic heterocycles. The van der Waals surface area contributed by atoms with E-state index in [9.17, 15) is 0 Å². The average Bonchev–Trinajstić information content (AvgIpc) is 3.47. The van der Waals surface area contributed by atoms with Crippen molar-refractivity contribution in [1.82, 2.24) is 24.6 Å². The summed E-state index contributed by atoms with van der Waals surface area (Å²) in [4.78, 5) is 11.5. The van der Waals surface area contributed by atoms with Gasteiger partial charge in [-0.2, -0.15) is 5.10 Å². The number of hydrogen-bond donors (Lipinski definition) is 0. The predicted octanol–water partition coefficient (Wildman–Crippen LogP) is 3.24. The van der Waals surface area contributed by atoms with Gasteiger partial charge in [0.25, 0.3) is 0 Å². The third-order valence-corrected chi connectivity index (χ3v) is 5.25. The molecule has 0 spiro atoms. The molecule has 0 bridgehead atoms. The van der Waals surface area contributed by atoms with Crippen LogP contribution in [0.25, 0.3) is 5.69 Å². The number of fused-ring (bicyclic) bond motifs is 1. The number of aryl methyl sites for hydroxylation is 1. The quantitative estimate of drug-likeness (QED) is 0.714. The van der Waals surface area contributed by atoms with Gasteiger partial charge in [0.2, 0.25) is 0 Å². The molecule has 3 aromatic rings. The van der Waals surface area contributed by atoms with Crippen molar-refractivity contribution in [3.63, 3.8) is 0 Å². The van der Waals surface area contributed by atoms with E-state index in [0.29, 0.717) is 12.5 Å². The average molecular weight is 361 g/mol. The first kappa shape index (κ1) is 16.4. The van der Waals surface area contributed by atoms with Gasteiger partial charge in [0.15, 0.2) is 5.82 Å². The molecule has 0 N–H and O–H groups in total. The van der Waals surface area contributed by atoms with Gasteiger partial charge < -0.3 is 4.74 Å². The lowest BCUT2D eigenvalue weighted by atomic mass is 10.2. The van der Waals surface area contributed by atoms with Crippen LogP contribution in [0.3, 0.4) is 0 Å². The highest BCUT2D eigenvalue weighted by Crippen LogP contribution is 2.38. The van der Waals surface area contributed by atoms with E-state index in [0.717, 1.165) is 48.3 Å². The van der Waals surface area contributed by atoms with Gasteiger partial charge in [-0.25, -0.2) is 9.67 Å². The number of pyridine rings is 1. The molecule has 0 atom stereocenters. The predicted molar refractivity (Wildman–Crippen MR) is 102 cm³/mol. The van der Waals surface area contributed by atoms with Crippen LogP contribution in [0, 0.1) is 6.92 Å². The van der Waals surface area contributed by atoms with Crippen molar-refractivity contribution in [2.75, 3.05) is 13.2 Å². The van der Waals surface area contributed by atoms with Crippen LogP contribution in [-0.4, -0.2) is 37.8 Å². The topological polar surface area (TPSA) is 56.1 Å². The Balaban J connectivity index is 1.47. The SMILES string of the molecule is Cc1cnccc1-n1nc(C2CC2)nc1CN1CCOc2ccccc2C1. The summed E-state index contributed by atoms with van der Waals surface area (Å²) in [6.45, 7) is 5.24. The zero-order valence-corrected chi connectivity index (χ0v) is 15.5. The van der Waals surface area contributed by atoms with Crippen LogP contribution in [0.4, 0.5) is 0 Å². The van der Waals surface area contributed by atoms with Crippen LogP contribution in [0.15, 0.2) is 42.7 Å². The molecule has 1 aromatic carbocycles. The summed E-state index contributed by atoms with van der Waals surface area (Å²) in [5.41, 5.74) is 3.39. The van der Waals surface area contributed by atoms with Gasteiger partial charge in [-0.05, 0) is 37.5 Å². The molecule has 1 saturated carbocycles. The lowest BCUT2D eigenvalue weighted by Crippen LogP contribution is -2.27. The molecule has 0 radical (unpaired) electrons. The van der Waals surface area contributed by atoms with Crippen molar-refractivity contribution < 1.29 is 4.74 Å². The summed E-state index contributed by atoms with van der Waals surface area (Å²) in [7, 11) is 0. The Labute approximate surface area is 158 Å². The van der Waals surface area contributed by atoms with E-state index in [-0.39, 0.29) is 0 Å². The fraction of sp³-hybridized carbons (Fsp3) is 0.381. The lowest BCUT2D eigenvalue weighted by Gasteiger charge is -2.19. The van der Waals surface area contributed by atoms with Crippen LogP contribution in [-0.2, 0) is 13.1 Å². The Morgan fingerprint density at radius 3 is 2.93 bits per heavy atom. The molecule has 1 aliphatic heterocycles. The van der Waals surface area contributed by atoms with E-state index in [2.05, 4.69) is 28.9 Å². The highest BCUT2D eigenvalue weighted by Gasteiger charge is 2.30. The van der Waals surface area contributed by atoms with Gasteiger partial charge >= 0.3 is 0 Å². The van der Waals surface area contributed by atoms with Gasteiger partial charge in [0.05, 0.1) is 12.2 Å². The molecule has 1 aliphatic carbocycles. The number of nitrogens with zero attached hydrogens (tertiary/aromatic N) is 5. The minimum atomic E-state index is 0.528. The molecule has 0 unspecified atom stereocenters. The first-order valence-electron chi connectivity index (χ1n) is 9.58. The van der Waals surface area contributed by atoms with E-state index in [1.54, 1.807) is 0 Å². The summed E-state index contributed by atoms with van der Waals surface area (Å²) in [6.07, 6.45) is 6.10. The number of ether oxygens (including phenoxy) is 1. The van der Waals surface area contributed by atoms with Gasteiger partial charge in [0.1, 0.15) is 18.2 Å². The minimum absolute atomic E-state index is 0.528. The number of para-hydroxylation sites is 1. The highest BCUT2D eigenvalue weighted by atomic mass is 16.5. The Kier molecular flexibility index (Phi) is 4.13. The minimum Gasteiger partial charge on any atom is -0.492 e. The third-order valence-electron chi connectivity index (χ3n) is 5.25. The first-order chi connectivity index (χ1) is 13.3. The van der Waals surface area contributed by atoms with Crippen molar-refractivity contribution >= 4 is 0 Å². The maximum absolute atomic E-state index is 5.91. The lowest BCUT2D eigenvalue weighted by molar-refractivity contribution is 0.214. The molecule has 5 rings (SSSR count). The van der Waals surface area contributed by atoms with Crippen LogP contribution in [0.5, 0.6) is 5.75 Å². The van der Waals surface area contributed by atoms with E-state index < -0.39 is 0 Å². The van der Waals surface area contributed by atoms with E-state index in [1.807, 2.05) is 35.3 Å². The molecule has 138 valence electrons. The standard InChI is InChI=1S/C21H23N5O/c1-15-12-22-9-8-18(15)26-20(23-21(24-26)16-6-7-16)14-25-10-11-27-19-5-3-2-4-17(19)13-25/h2-5,8-9,12,16H,6-7,10-11,13-14H2,1H3. The molecule has 6 heteroatoms. The zero-order valence-electron chi connectivity index (χ0n) is 15.5. The zero-order chi connectivity index (χ0) is 18.2. The number of aromatic nitrogens is 4. The summed E-state index contributed by atoms with van der Waals surface area (Å²) in [6, 6.07) is 10.3. The molecule has 27 heavy (non-hydrogen) atoms. The van der Waals surface area contributed by atoms with Gasteiger partial charge in [-0.1, -0.05) is 18.2 Å². The van der Waals surface area contributed by atoms with Crippen molar-refractivity contribution in [2.24, 2.45) is 0 Å².